The number of nitrogens with zero attached hydrogens (tertiary/aromatic N) is 1. The molecule has 1 aliphatic rings. The molecule has 3 nitrogen and oxygen atoms in total. The van der Waals surface area contributed by atoms with Gasteiger partial charge in [0.1, 0.15) is 6.29 Å². The van der Waals surface area contributed by atoms with Crippen LogP contribution in [0.15, 0.2) is 4.99 Å². The lowest BCUT2D eigenvalue weighted by Gasteiger charge is -1.97. The fraction of sp³-hybridized carbons (Fsp3) is 0.667. The molecule has 10 heavy (non-hydrogen) atoms. The third-order valence-corrected chi connectivity index (χ3v) is 2.15. The molecule has 0 radical (unpaired) electrons. The Hall–Kier alpha value is -0.350. The number of carbonyl (C=O) groups is 1. The van der Waals surface area contributed by atoms with Crippen molar-refractivity contribution < 1.29 is 4.79 Å². The van der Waals surface area contributed by atoms with Crippen molar-refractivity contribution in [2.45, 2.75) is 0 Å². The minimum atomic E-state index is 0.430. The highest BCUT2D eigenvalue weighted by Gasteiger charge is 2.04. The van der Waals surface area contributed by atoms with Crippen LogP contribution in [-0.4, -0.2) is 36.7 Å². The average molecular weight is 158 g/mol. The Morgan fingerprint density at radius 1 is 1.80 bits per heavy atom. The van der Waals surface area contributed by atoms with Crippen LogP contribution in [0.3, 0.4) is 0 Å². The molecule has 56 valence electrons. The molecular weight excluding hydrogens is 148 g/mol. The molecule has 0 fully saturated rings. The zero-order chi connectivity index (χ0) is 7.23. The Balaban J connectivity index is 2.06. The number of rotatable bonds is 4. The van der Waals surface area contributed by atoms with Gasteiger partial charge in [0.15, 0.2) is 0 Å². The molecule has 0 bridgehead atoms. The van der Waals surface area contributed by atoms with Gasteiger partial charge in [-0.2, -0.15) is 0 Å². The van der Waals surface area contributed by atoms with E-state index in [1.165, 1.54) is 0 Å². The van der Waals surface area contributed by atoms with Gasteiger partial charge in [-0.25, -0.2) is 0 Å². The molecule has 0 aromatic rings. The number of hydrogen-bond acceptors (Lipinski definition) is 4. The van der Waals surface area contributed by atoms with E-state index in [1.807, 2.05) is 0 Å². The highest BCUT2D eigenvalue weighted by atomic mass is 32.2. The molecule has 0 atom stereocenters. The summed E-state index contributed by atoms with van der Waals surface area (Å²) < 4.78 is 0. The van der Waals surface area contributed by atoms with Gasteiger partial charge < -0.3 is 10.1 Å². The van der Waals surface area contributed by atoms with Crippen molar-refractivity contribution in [3.8, 4) is 0 Å². The van der Waals surface area contributed by atoms with Gasteiger partial charge in [-0.1, -0.05) is 0 Å². The molecule has 4 heteroatoms. The van der Waals surface area contributed by atoms with E-state index < -0.39 is 0 Å². The van der Waals surface area contributed by atoms with E-state index in [0.29, 0.717) is 6.54 Å². The van der Waals surface area contributed by atoms with Crippen LogP contribution in [0.4, 0.5) is 0 Å². The Labute approximate surface area is 64.3 Å². The molecule has 1 rings (SSSR count). The highest BCUT2D eigenvalue weighted by Crippen LogP contribution is 2.09. The normalized spacial score (nSPS) is 17.0. The fourth-order valence-electron chi connectivity index (χ4n) is 0.724. The zero-order valence-corrected chi connectivity index (χ0v) is 6.49. The molecule has 1 N–H and O–H groups in total. The SMILES string of the molecule is O=CCNCC1=NCCS1. The summed E-state index contributed by atoms with van der Waals surface area (Å²) in [4.78, 5) is 14.1. The second-order valence-corrected chi connectivity index (χ2v) is 3.09. The number of carbonyl (C=O) groups excluding carboxylic acids is 1. The summed E-state index contributed by atoms with van der Waals surface area (Å²) in [6.45, 7) is 2.12. The maximum Gasteiger partial charge on any atom is 0.133 e. The van der Waals surface area contributed by atoms with Crippen LogP contribution in [0, 0.1) is 0 Å². The van der Waals surface area contributed by atoms with Gasteiger partial charge in [-0.3, -0.25) is 4.99 Å². The second-order valence-electron chi connectivity index (χ2n) is 1.92. The van der Waals surface area contributed by atoms with Gasteiger partial charge in [0.25, 0.3) is 0 Å². The summed E-state index contributed by atoms with van der Waals surface area (Å²) in [6.07, 6.45) is 0.861. The summed E-state index contributed by atoms with van der Waals surface area (Å²) in [7, 11) is 0. The predicted molar refractivity (Wildman–Crippen MR) is 43.7 cm³/mol. The van der Waals surface area contributed by atoms with Crippen LogP contribution in [-0.2, 0) is 4.79 Å². The summed E-state index contributed by atoms with van der Waals surface area (Å²) in [5.41, 5.74) is 0. The monoisotopic (exact) mass is 158 g/mol. The van der Waals surface area contributed by atoms with E-state index in [4.69, 9.17) is 0 Å². The second kappa shape index (κ2) is 4.46. The third-order valence-electron chi connectivity index (χ3n) is 1.15. The molecule has 1 heterocycles. The van der Waals surface area contributed by atoms with Crippen molar-refractivity contribution >= 4 is 23.1 Å². The van der Waals surface area contributed by atoms with Crippen molar-refractivity contribution in [2.24, 2.45) is 4.99 Å². The number of hydrogen-bond donors (Lipinski definition) is 1. The Kier molecular flexibility index (Phi) is 3.46. The van der Waals surface area contributed by atoms with Crippen LogP contribution in [0.1, 0.15) is 0 Å². The lowest BCUT2D eigenvalue weighted by Crippen LogP contribution is -2.22. The zero-order valence-electron chi connectivity index (χ0n) is 5.67. The predicted octanol–water partition coefficient (Wildman–Crippen LogP) is -0.0798. The topological polar surface area (TPSA) is 41.5 Å². The van der Waals surface area contributed by atoms with Crippen molar-refractivity contribution in [3.63, 3.8) is 0 Å². The van der Waals surface area contributed by atoms with Gasteiger partial charge in [0.2, 0.25) is 0 Å². The minimum absolute atomic E-state index is 0.430. The average Bonchev–Trinajstić information content (AvgIpc) is 2.41. The first-order chi connectivity index (χ1) is 4.93. The molecular formula is C6H10N2OS. The summed E-state index contributed by atoms with van der Waals surface area (Å²) in [5.74, 6) is 1.10. The lowest BCUT2D eigenvalue weighted by atomic mass is 10.6. The smallest absolute Gasteiger partial charge is 0.133 e. The van der Waals surface area contributed by atoms with Crippen molar-refractivity contribution in [2.75, 3.05) is 25.4 Å². The number of aldehydes is 1. The maximum absolute atomic E-state index is 9.87. The maximum atomic E-state index is 9.87. The molecule has 0 aromatic heterocycles. The van der Waals surface area contributed by atoms with E-state index in [0.717, 1.165) is 30.2 Å². The lowest BCUT2D eigenvalue weighted by molar-refractivity contribution is -0.107. The third kappa shape index (κ3) is 2.49. The van der Waals surface area contributed by atoms with Gasteiger partial charge in [-0.05, 0) is 0 Å². The van der Waals surface area contributed by atoms with Crippen LogP contribution in [0.25, 0.3) is 0 Å². The van der Waals surface area contributed by atoms with Crippen molar-refractivity contribution in [1.82, 2.24) is 5.32 Å². The fourth-order valence-corrected chi connectivity index (χ4v) is 1.53. The molecule has 0 aliphatic carbocycles. The Morgan fingerprint density at radius 2 is 2.70 bits per heavy atom. The van der Waals surface area contributed by atoms with Crippen LogP contribution in [0.5, 0.6) is 0 Å². The molecule has 0 amide bonds. The summed E-state index contributed by atoms with van der Waals surface area (Å²) in [6, 6.07) is 0. The minimum Gasteiger partial charge on any atom is -0.304 e. The van der Waals surface area contributed by atoms with E-state index in [2.05, 4.69) is 10.3 Å². The molecule has 0 aromatic carbocycles. The standard InChI is InChI=1S/C6H10N2OS/c9-3-1-7-5-6-8-2-4-10-6/h3,7H,1-2,4-5H2. The van der Waals surface area contributed by atoms with Gasteiger partial charge >= 0.3 is 0 Å². The van der Waals surface area contributed by atoms with Crippen LogP contribution < -0.4 is 5.32 Å². The first-order valence-electron chi connectivity index (χ1n) is 3.24. The van der Waals surface area contributed by atoms with Gasteiger partial charge in [-0.15, -0.1) is 11.8 Å². The molecule has 0 spiro atoms. The van der Waals surface area contributed by atoms with Gasteiger partial charge in [0, 0.05) is 18.8 Å². The summed E-state index contributed by atoms with van der Waals surface area (Å²) in [5, 5.41) is 4.08. The van der Waals surface area contributed by atoms with Crippen molar-refractivity contribution in [3.05, 3.63) is 0 Å². The van der Waals surface area contributed by atoms with Gasteiger partial charge in [0.05, 0.1) is 11.6 Å². The highest BCUT2D eigenvalue weighted by molar-refractivity contribution is 8.14. The molecule has 0 saturated heterocycles. The Morgan fingerprint density at radius 3 is 3.30 bits per heavy atom. The van der Waals surface area contributed by atoms with Crippen LogP contribution in [0.2, 0.25) is 0 Å². The number of nitrogens with one attached hydrogen (secondary N) is 1. The quantitative estimate of drug-likeness (QED) is 0.459. The first kappa shape index (κ1) is 7.75. The van der Waals surface area contributed by atoms with Crippen molar-refractivity contribution in [1.29, 1.82) is 0 Å². The molecule has 0 unspecified atom stereocenters. The van der Waals surface area contributed by atoms with E-state index in [-0.39, 0.29) is 0 Å². The van der Waals surface area contributed by atoms with E-state index in [1.54, 1.807) is 11.8 Å². The van der Waals surface area contributed by atoms with E-state index >= 15 is 0 Å². The number of aliphatic imine (C=N–C) groups is 1. The Bertz CT molecular complexity index is 147. The number of thioether (sulfide) groups is 1. The first-order valence-corrected chi connectivity index (χ1v) is 4.22. The summed E-state index contributed by atoms with van der Waals surface area (Å²) >= 11 is 1.76. The van der Waals surface area contributed by atoms with Crippen LogP contribution >= 0.6 is 11.8 Å². The molecule has 0 saturated carbocycles. The molecule has 1 aliphatic heterocycles. The van der Waals surface area contributed by atoms with E-state index in [9.17, 15) is 4.79 Å². The largest absolute Gasteiger partial charge is 0.304 e.